The third-order valence-corrected chi connectivity index (χ3v) is 18.1. The largest absolute Gasteiger partial charge is 0.166 e. The van der Waals surface area contributed by atoms with Crippen LogP contribution in [-0.4, -0.2) is 16.1 Å². The second-order valence-corrected chi connectivity index (χ2v) is 20.1. The maximum Gasteiger partial charge on any atom is 0.166 e. The molecule has 6 aromatic rings. The SMILES string of the molecule is C=Cc1ccc(/C=C/[Si]2(/C=C/c3ccc(/C=C/[Si]4(C)c5ccccc5-c5ccccc54)cc3)c3ccccc3-c3ccccc32)cc1. The smallest absolute Gasteiger partial charge is 0.0985 e. The van der Waals surface area contributed by atoms with Crippen LogP contribution in [0.2, 0.25) is 6.55 Å². The summed E-state index contributed by atoms with van der Waals surface area (Å²) in [6.45, 7) is 6.39. The molecular weight excluding hydrogens is 597 g/mol. The fourth-order valence-electron chi connectivity index (χ4n) is 7.56. The molecule has 0 unspecified atom stereocenters. The Morgan fingerprint density at radius 3 is 1.11 bits per heavy atom. The van der Waals surface area contributed by atoms with Gasteiger partial charge in [0.1, 0.15) is 8.07 Å². The molecule has 0 saturated heterocycles. The van der Waals surface area contributed by atoms with E-state index < -0.39 is 16.1 Å². The van der Waals surface area contributed by atoms with Crippen molar-refractivity contribution >= 4 is 61.2 Å². The highest BCUT2D eigenvalue weighted by atomic mass is 28.3. The molecule has 0 aliphatic carbocycles. The zero-order valence-corrected chi connectivity index (χ0v) is 28.6. The average Bonchev–Trinajstić information content (AvgIpc) is 3.56. The minimum absolute atomic E-state index is 1.14. The summed E-state index contributed by atoms with van der Waals surface area (Å²) in [6, 6.07) is 53.6. The molecule has 2 heterocycles. The van der Waals surface area contributed by atoms with E-state index in [2.05, 4.69) is 194 Å². The predicted octanol–water partition coefficient (Wildman–Crippen LogP) is 8.80. The standard InChI is InChI=1S/C45H36Si2/c1-3-34-20-22-36(23-21-34)29-32-47(44-18-10-6-14-40(44)41-15-7-11-19-45(41)47)33-30-37-26-24-35(25-27-37)28-31-46(2)42-16-8-4-12-38(42)39-13-5-9-17-43(39)46/h3-33H,1H2,2H3/b31-28+,32-29+,33-30+. The summed E-state index contributed by atoms with van der Waals surface area (Å²) in [5, 5.41) is 5.92. The maximum absolute atomic E-state index is 3.91. The van der Waals surface area contributed by atoms with Crippen molar-refractivity contribution in [3.63, 3.8) is 0 Å². The summed E-state index contributed by atoms with van der Waals surface area (Å²) in [6.07, 6.45) is 8.91. The summed E-state index contributed by atoms with van der Waals surface area (Å²) in [4.78, 5) is 0. The molecule has 0 atom stereocenters. The molecule has 2 aliphatic heterocycles. The van der Waals surface area contributed by atoms with Gasteiger partial charge in [0.25, 0.3) is 0 Å². The van der Waals surface area contributed by atoms with Crippen molar-refractivity contribution in [3.8, 4) is 22.3 Å². The van der Waals surface area contributed by atoms with Gasteiger partial charge in [-0.25, -0.2) is 0 Å². The first-order valence-corrected chi connectivity index (χ1v) is 21.1. The Balaban J connectivity index is 1.14. The van der Waals surface area contributed by atoms with E-state index in [4.69, 9.17) is 0 Å². The van der Waals surface area contributed by atoms with Gasteiger partial charge in [0.2, 0.25) is 0 Å². The van der Waals surface area contributed by atoms with Crippen LogP contribution in [0.25, 0.3) is 46.6 Å². The molecular formula is C45H36Si2. The Labute approximate surface area is 280 Å². The van der Waals surface area contributed by atoms with Crippen LogP contribution in [0.1, 0.15) is 22.3 Å². The summed E-state index contributed by atoms with van der Waals surface area (Å²) >= 11 is 0. The molecule has 0 radical (unpaired) electrons. The highest BCUT2D eigenvalue weighted by Crippen LogP contribution is 2.31. The van der Waals surface area contributed by atoms with Crippen LogP contribution in [0.4, 0.5) is 0 Å². The molecule has 2 heteroatoms. The fourth-order valence-corrected chi connectivity index (χ4v) is 15.3. The monoisotopic (exact) mass is 632 g/mol. The lowest BCUT2D eigenvalue weighted by Crippen LogP contribution is -2.52. The predicted molar refractivity (Wildman–Crippen MR) is 210 cm³/mol. The van der Waals surface area contributed by atoms with Crippen molar-refractivity contribution in [2.45, 2.75) is 6.55 Å². The third kappa shape index (κ3) is 4.98. The molecule has 0 saturated carbocycles. The van der Waals surface area contributed by atoms with E-state index in [1.54, 1.807) is 0 Å². The quantitative estimate of drug-likeness (QED) is 0.154. The van der Waals surface area contributed by atoms with Gasteiger partial charge in [-0.2, -0.15) is 0 Å². The van der Waals surface area contributed by atoms with Gasteiger partial charge in [-0.1, -0.05) is 200 Å². The molecule has 0 aromatic heterocycles. The lowest BCUT2D eigenvalue weighted by atomic mass is 10.1. The first-order chi connectivity index (χ1) is 23.1. The number of hydrogen-bond donors (Lipinski definition) is 0. The van der Waals surface area contributed by atoms with Crippen molar-refractivity contribution in [3.05, 3.63) is 192 Å². The van der Waals surface area contributed by atoms with Gasteiger partial charge in [0, 0.05) is 0 Å². The average molecular weight is 633 g/mol. The topological polar surface area (TPSA) is 0 Å². The zero-order chi connectivity index (χ0) is 31.8. The minimum Gasteiger partial charge on any atom is -0.0985 e. The van der Waals surface area contributed by atoms with Crippen molar-refractivity contribution in [1.82, 2.24) is 0 Å². The molecule has 47 heavy (non-hydrogen) atoms. The van der Waals surface area contributed by atoms with Crippen LogP contribution in [0.15, 0.2) is 169 Å². The molecule has 8 rings (SSSR count). The van der Waals surface area contributed by atoms with E-state index in [9.17, 15) is 0 Å². The van der Waals surface area contributed by atoms with Crippen LogP contribution in [-0.2, 0) is 0 Å². The molecule has 0 spiro atoms. The molecule has 6 aromatic carbocycles. The lowest BCUT2D eigenvalue weighted by Gasteiger charge is -2.22. The van der Waals surface area contributed by atoms with Crippen molar-refractivity contribution in [2.75, 3.05) is 0 Å². The first kappa shape index (κ1) is 29.1. The maximum atomic E-state index is 3.91. The Bertz CT molecular complexity index is 2120. The summed E-state index contributed by atoms with van der Waals surface area (Å²) in [5.74, 6) is 0. The Kier molecular flexibility index (Phi) is 7.33. The van der Waals surface area contributed by atoms with Gasteiger partial charge < -0.3 is 0 Å². The lowest BCUT2D eigenvalue weighted by molar-refractivity contribution is 1.62. The van der Waals surface area contributed by atoms with E-state index in [-0.39, 0.29) is 0 Å². The van der Waals surface area contributed by atoms with Gasteiger partial charge in [-0.15, -0.1) is 0 Å². The van der Waals surface area contributed by atoms with Crippen molar-refractivity contribution < 1.29 is 0 Å². The highest BCUT2D eigenvalue weighted by molar-refractivity contribution is 7.13. The van der Waals surface area contributed by atoms with Crippen molar-refractivity contribution in [1.29, 1.82) is 0 Å². The van der Waals surface area contributed by atoms with Gasteiger partial charge in [-0.05, 0) is 65.3 Å². The second-order valence-electron chi connectivity index (χ2n) is 12.8. The summed E-state index contributed by atoms with van der Waals surface area (Å²) in [7, 11) is -4.35. The normalized spacial score (nSPS) is 15.1. The van der Waals surface area contributed by atoms with Gasteiger partial charge in [0.15, 0.2) is 8.07 Å². The number of rotatable bonds is 7. The third-order valence-electron chi connectivity index (χ3n) is 10.1. The number of fused-ring (bicyclic) bond motifs is 6. The van der Waals surface area contributed by atoms with Crippen LogP contribution in [0, 0.1) is 0 Å². The molecule has 0 amide bonds. The minimum atomic E-state index is -2.37. The highest BCUT2D eigenvalue weighted by Gasteiger charge is 2.41. The molecule has 0 nitrogen and oxygen atoms in total. The fraction of sp³-hybridized carbons (Fsp3) is 0.0222. The first-order valence-electron chi connectivity index (χ1n) is 16.4. The van der Waals surface area contributed by atoms with E-state index in [1.807, 2.05) is 6.08 Å². The van der Waals surface area contributed by atoms with E-state index in [1.165, 1.54) is 59.7 Å². The molecule has 224 valence electrons. The molecule has 0 bridgehead atoms. The van der Waals surface area contributed by atoms with Crippen LogP contribution >= 0.6 is 0 Å². The second kappa shape index (κ2) is 11.8. The summed E-state index contributed by atoms with van der Waals surface area (Å²) < 4.78 is 0. The van der Waals surface area contributed by atoms with Crippen molar-refractivity contribution in [2.24, 2.45) is 0 Å². The number of benzene rings is 6. The van der Waals surface area contributed by atoms with Gasteiger partial charge in [0.05, 0.1) is 0 Å². The summed E-state index contributed by atoms with van der Waals surface area (Å²) in [5.41, 5.74) is 17.9. The van der Waals surface area contributed by atoms with E-state index in [0.717, 1.165) is 5.56 Å². The van der Waals surface area contributed by atoms with Crippen LogP contribution < -0.4 is 20.7 Å². The number of hydrogen-bond acceptors (Lipinski definition) is 0. The van der Waals surface area contributed by atoms with Crippen LogP contribution in [0.3, 0.4) is 0 Å². The Morgan fingerprint density at radius 1 is 0.383 bits per heavy atom. The molecule has 0 N–H and O–H groups in total. The zero-order valence-electron chi connectivity index (χ0n) is 26.6. The van der Waals surface area contributed by atoms with E-state index >= 15 is 0 Å². The molecule has 2 aliphatic rings. The van der Waals surface area contributed by atoms with Gasteiger partial charge >= 0.3 is 0 Å². The molecule has 0 fully saturated rings. The van der Waals surface area contributed by atoms with E-state index in [0.29, 0.717) is 0 Å². The van der Waals surface area contributed by atoms with Gasteiger partial charge in [-0.3, -0.25) is 0 Å². The Hall–Kier alpha value is -5.29. The Morgan fingerprint density at radius 2 is 0.702 bits per heavy atom. The van der Waals surface area contributed by atoms with Crippen LogP contribution in [0.5, 0.6) is 0 Å².